The van der Waals surface area contributed by atoms with Crippen LogP contribution < -0.4 is 0 Å². The van der Waals surface area contributed by atoms with Crippen molar-refractivity contribution in [2.75, 3.05) is 0 Å². The molecule has 0 unspecified atom stereocenters. The Morgan fingerprint density at radius 2 is 2.50 bits per heavy atom. The zero-order valence-electron chi connectivity index (χ0n) is 7.19. The van der Waals surface area contributed by atoms with E-state index in [4.69, 9.17) is 5.11 Å². The Kier molecular flexibility index (Phi) is 2.47. The Labute approximate surface area is 70.8 Å². The highest BCUT2D eigenvalue weighted by Crippen LogP contribution is 2.06. The molecule has 1 atom stereocenters. The van der Waals surface area contributed by atoms with Crippen LogP contribution in [0.3, 0.4) is 0 Å². The Hall–Kier alpha value is -1.32. The molecule has 1 aromatic heterocycles. The van der Waals surface area contributed by atoms with Crippen molar-refractivity contribution in [3.8, 4) is 0 Å². The van der Waals surface area contributed by atoms with Crippen LogP contribution in [0.1, 0.15) is 12.5 Å². The minimum Gasteiger partial charge on any atom is -0.481 e. The van der Waals surface area contributed by atoms with Gasteiger partial charge in [-0.3, -0.25) is 9.48 Å². The lowest BCUT2D eigenvalue weighted by molar-refractivity contribution is -0.141. The van der Waals surface area contributed by atoms with Crippen molar-refractivity contribution in [1.82, 2.24) is 9.78 Å². The Morgan fingerprint density at radius 1 is 1.83 bits per heavy atom. The van der Waals surface area contributed by atoms with Crippen LogP contribution in [0.2, 0.25) is 0 Å². The Morgan fingerprint density at radius 3 is 2.92 bits per heavy atom. The van der Waals surface area contributed by atoms with Gasteiger partial charge in [0.15, 0.2) is 0 Å². The molecule has 0 radical (unpaired) electrons. The van der Waals surface area contributed by atoms with E-state index in [2.05, 4.69) is 5.10 Å². The first-order chi connectivity index (χ1) is 5.59. The van der Waals surface area contributed by atoms with E-state index in [-0.39, 0.29) is 5.92 Å². The lowest BCUT2D eigenvalue weighted by Gasteiger charge is -2.01. The quantitative estimate of drug-likeness (QED) is 0.722. The summed E-state index contributed by atoms with van der Waals surface area (Å²) >= 11 is 0. The molecule has 0 saturated carbocycles. The van der Waals surface area contributed by atoms with Gasteiger partial charge in [-0.25, -0.2) is 0 Å². The molecule has 0 amide bonds. The lowest BCUT2D eigenvalue weighted by atomic mass is 10.0. The smallest absolute Gasteiger partial charge is 0.306 e. The van der Waals surface area contributed by atoms with Crippen LogP contribution >= 0.6 is 0 Å². The first-order valence-electron chi connectivity index (χ1n) is 3.80. The fourth-order valence-corrected chi connectivity index (χ4v) is 1.02. The maximum atomic E-state index is 10.5. The SMILES string of the molecule is C[C@H](Cc1cnn(C)c1)C(=O)O. The van der Waals surface area contributed by atoms with Gasteiger partial charge >= 0.3 is 5.97 Å². The first kappa shape index (κ1) is 8.77. The summed E-state index contributed by atoms with van der Waals surface area (Å²) in [7, 11) is 1.81. The average molecular weight is 168 g/mol. The second-order valence-electron chi connectivity index (χ2n) is 2.97. The van der Waals surface area contributed by atoms with Crippen LogP contribution in [0.15, 0.2) is 12.4 Å². The predicted molar refractivity (Wildman–Crippen MR) is 43.7 cm³/mol. The van der Waals surface area contributed by atoms with E-state index in [1.54, 1.807) is 17.8 Å². The first-order valence-corrected chi connectivity index (χ1v) is 3.80. The van der Waals surface area contributed by atoms with Gasteiger partial charge in [-0.1, -0.05) is 6.92 Å². The number of rotatable bonds is 3. The molecule has 0 bridgehead atoms. The molecule has 1 N–H and O–H groups in total. The minimum absolute atomic E-state index is 0.339. The van der Waals surface area contributed by atoms with E-state index in [9.17, 15) is 4.79 Å². The third kappa shape index (κ3) is 2.08. The molecule has 0 saturated heterocycles. The number of carbonyl (C=O) groups is 1. The summed E-state index contributed by atoms with van der Waals surface area (Å²) < 4.78 is 1.67. The van der Waals surface area contributed by atoms with Gasteiger partial charge in [-0.15, -0.1) is 0 Å². The van der Waals surface area contributed by atoms with Gasteiger partial charge in [0, 0.05) is 13.2 Å². The number of hydrogen-bond donors (Lipinski definition) is 1. The number of carboxylic acids is 1. The van der Waals surface area contributed by atoms with Crippen molar-refractivity contribution < 1.29 is 9.90 Å². The van der Waals surface area contributed by atoms with E-state index in [1.165, 1.54) is 0 Å². The fraction of sp³-hybridized carbons (Fsp3) is 0.500. The highest BCUT2D eigenvalue weighted by Gasteiger charge is 2.11. The van der Waals surface area contributed by atoms with Crippen molar-refractivity contribution in [3.63, 3.8) is 0 Å². The number of nitrogens with zero attached hydrogens (tertiary/aromatic N) is 2. The third-order valence-corrected chi connectivity index (χ3v) is 1.72. The highest BCUT2D eigenvalue weighted by atomic mass is 16.4. The van der Waals surface area contributed by atoms with Crippen LogP contribution in [-0.2, 0) is 18.3 Å². The van der Waals surface area contributed by atoms with Gasteiger partial charge in [0.05, 0.1) is 12.1 Å². The predicted octanol–water partition coefficient (Wildman–Crippen LogP) is 0.683. The van der Waals surface area contributed by atoms with Gasteiger partial charge in [-0.05, 0) is 12.0 Å². The largest absolute Gasteiger partial charge is 0.481 e. The molecule has 4 heteroatoms. The number of aromatic nitrogens is 2. The molecule has 0 aliphatic heterocycles. The molecule has 0 aromatic carbocycles. The van der Waals surface area contributed by atoms with Crippen LogP contribution in [0.5, 0.6) is 0 Å². The van der Waals surface area contributed by atoms with Crippen molar-refractivity contribution >= 4 is 5.97 Å². The molecule has 1 heterocycles. The summed E-state index contributed by atoms with van der Waals surface area (Å²) in [5, 5.41) is 12.6. The maximum Gasteiger partial charge on any atom is 0.306 e. The van der Waals surface area contributed by atoms with Gasteiger partial charge in [0.1, 0.15) is 0 Å². The summed E-state index contributed by atoms with van der Waals surface area (Å²) in [6, 6.07) is 0. The summed E-state index contributed by atoms with van der Waals surface area (Å²) in [6.07, 6.45) is 4.07. The average Bonchev–Trinajstić information content (AvgIpc) is 2.35. The number of aliphatic carboxylic acids is 1. The molecular weight excluding hydrogens is 156 g/mol. The number of aryl methyl sites for hydroxylation is 1. The molecule has 0 fully saturated rings. The van der Waals surface area contributed by atoms with Gasteiger partial charge < -0.3 is 5.11 Å². The summed E-state index contributed by atoms with van der Waals surface area (Å²) in [6.45, 7) is 1.69. The zero-order valence-corrected chi connectivity index (χ0v) is 7.19. The topological polar surface area (TPSA) is 55.1 Å². The van der Waals surface area contributed by atoms with E-state index < -0.39 is 5.97 Å². The van der Waals surface area contributed by atoms with Crippen molar-refractivity contribution in [3.05, 3.63) is 18.0 Å². The normalized spacial score (nSPS) is 12.8. The van der Waals surface area contributed by atoms with Crippen molar-refractivity contribution in [2.45, 2.75) is 13.3 Å². The minimum atomic E-state index is -0.765. The van der Waals surface area contributed by atoms with Crippen molar-refractivity contribution in [1.29, 1.82) is 0 Å². The molecule has 1 rings (SSSR count). The number of hydrogen-bond acceptors (Lipinski definition) is 2. The third-order valence-electron chi connectivity index (χ3n) is 1.72. The highest BCUT2D eigenvalue weighted by molar-refractivity contribution is 5.69. The Bertz CT molecular complexity index is 280. The Balaban J connectivity index is 2.58. The molecule has 0 aliphatic rings. The molecule has 0 aliphatic carbocycles. The molecular formula is C8H12N2O2. The van der Waals surface area contributed by atoms with E-state index in [1.807, 2.05) is 13.2 Å². The molecule has 1 aromatic rings. The molecule has 66 valence electrons. The van der Waals surface area contributed by atoms with Crippen LogP contribution in [0, 0.1) is 5.92 Å². The summed E-state index contributed by atoms with van der Waals surface area (Å²) in [5.41, 5.74) is 0.965. The standard InChI is InChI=1S/C8H12N2O2/c1-6(8(11)12)3-7-4-9-10(2)5-7/h4-6H,3H2,1-2H3,(H,11,12)/t6-/m1/s1. The molecule has 4 nitrogen and oxygen atoms in total. The molecule has 12 heavy (non-hydrogen) atoms. The van der Waals surface area contributed by atoms with Crippen LogP contribution in [0.4, 0.5) is 0 Å². The molecule has 0 spiro atoms. The monoisotopic (exact) mass is 168 g/mol. The second-order valence-corrected chi connectivity index (χ2v) is 2.97. The van der Waals surface area contributed by atoms with E-state index in [0.29, 0.717) is 6.42 Å². The lowest BCUT2D eigenvalue weighted by Crippen LogP contribution is -2.11. The van der Waals surface area contributed by atoms with E-state index in [0.717, 1.165) is 5.56 Å². The maximum absolute atomic E-state index is 10.5. The van der Waals surface area contributed by atoms with Crippen molar-refractivity contribution in [2.24, 2.45) is 13.0 Å². The number of carboxylic acid groups (broad SMARTS) is 1. The van der Waals surface area contributed by atoms with Crippen LogP contribution in [0.25, 0.3) is 0 Å². The summed E-state index contributed by atoms with van der Waals surface area (Å²) in [4.78, 5) is 10.5. The van der Waals surface area contributed by atoms with Crippen LogP contribution in [-0.4, -0.2) is 20.9 Å². The fourth-order valence-electron chi connectivity index (χ4n) is 1.02. The van der Waals surface area contributed by atoms with Gasteiger partial charge in [0.2, 0.25) is 0 Å². The second kappa shape index (κ2) is 3.38. The summed E-state index contributed by atoms with van der Waals surface area (Å²) in [5.74, 6) is -1.10. The van der Waals surface area contributed by atoms with E-state index >= 15 is 0 Å². The van der Waals surface area contributed by atoms with Gasteiger partial charge in [0.25, 0.3) is 0 Å². The zero-order chi connectivity index (χ0) is 9.14. The van der Waals surface area contributed by atoms with Gasteiger partial charge in [-0.2, -0.15) is 5.10 Å².